The molecule has 0 saturated heterocycles. The zero-order valence-corrected chi connectivity index (χ0v) is 8.84. The van der Waals surface area contributed by atoms with Crippen LogP contribution in [0.3, 0.4) is 0 Å². The van der Waals surface area contributed by atoms with Gasteiger partial charge < -0.3 is 4.74 Å². The van der Waals surface area contributed by atoms with E-state index in [0.717, 1.165) is 24.3 Å². The number of alkyl halides is 3. The standard InChI is InChI=1S/C11H11F3O2/c1-7(16-2)10(15)8-3-5-9(6-4-8)11(12,13)14/h3-7H,1-2H3. The molecule has 0 N–H and O–H groups in total. The summed E-state index contributed by atoms with van der Waals surface area (Å²) in [6.07, 6.45) is -5.04. The molecule has 0 radical (unpaired) electrons. The summed E-state index contributed by atoms with van der Waals surface area (Å²) in [6, 6.07) is 4.08. The number of Topliss-reactive ketones (excluding diaryl/α,β-unsaturated/α-hetero) is 1. The fourth-order valence-electron chi connectivity index (χ4n) is 1.17. The average Bonchev–Trinajstić information content (AvgIpc) is 2.26. The monoisotopic (exact) mass is 232 g/mol. The molecule has 5 heteroatoms. The molecule has 0 aliphatic carbocycles. The zero-order valence-electron chi connectivity index (χ0n) is 8.84. The molecule has 0 aromatic heterocycles. The first-order valence-corrected chi connectivity index (χ1v) is 4.60. The van der Waals surface area contributed by atoms with E-state index in [2.05, 4.69) is 0 Å². The van der Waals surface area contributed by atoms with Crippen LogP contribution >= 0.6 is 0 Å². The molecule has 0 aliphatic rings. The van der Waals surface area contributed by atoms with Crippen molar-refractivity contribution in [1.29, 1.82) is 0 Å². The largest absolute Gasteiger partial charge is 0.416 e. The lowest BCUT2D eigenvalue weighted by Gasteiger charge is -2.10. The summed E-state index contributed by atoms with van der Waals surface area (Å²) in [5.74, 6) is -0.337. The maximum Gasteiger partial charge on any atom is 0.416 e. The van der Waals surface area contributed by atoms with E-state index < -0.39 is 17.8 Å². The van der Waals surface area contributed by atoms with Crippen LogP contribution in [-0.4, -0.2) is 19.0 Å². The highest BCUT2D eigenvalue weighted by atomic mass is 19.4. The Bertz CT molecular complexity index is 368. The minimum absolute atomic E-state index is 0.211. The number of benzene rings is 1. The second-order valence-electron chi connectivity index (χ2n) is 3.32. The molecule has 0 bridgehead atoms. The van der Waals surface area contributed by atoms with Crippen molar-refractivity contribution in [3.05, 3.63) is 35.4 Å². The summed E-state index contributed by atoms with van der Waals surface area (Å²) in [7, 11) is 1.37. The van der Waals surface area contributed by atoms with Crippen molar-refractivity contribution in [2.45, 2.75) is 19.2 Å². The van der Waals surface area contributed by atoms with Crippen LogP contribution in [0.2, 0.25) is 0 Å². The summed E-state index contributed by atoms with van der Waals surface area (Å²) in [5, 5.41) is 0. The van der Waals surface area contributed by atoms with Gasteiger partial charge in [-0.2, -0.15) is 13.2 Å². The number of rotatable bonds is 3. The first kappa shape index (κ1) is 12.7. The van der Waals surface area contributed by atoms with Gasteiger partial charge in [0.25, 0.3) is 0 Å². The predicted molar refractivity (Wildman–Crippen MR) is 52.2 cm³/mol. The second-order valence-corrected chi connectivity index (χ2v) is 3.32. The first-order chi connectivity index (χ1) is 7.36. The molecule has 0 aliphatic heterocycles. The van der Waals surface area contributed by atoms with Gasteiger partial charge in [0.05, 0.1) is 5.56 Å². The zero-order chi connectivity index (χ0) is 12.3. The van der Waals surface area contributed by atoms with Crippen molar-refractivity contribution in [1.82, 2.24) is 0 Å². The Morgan fingerprint density at radius 3 is 2.12 bits per heavy atom. The van der Waals surface area contributed by atoms with Gasteiger partial charge in [-0.05, 0) is 19.1 Å². The predicted octanol–water partition coefficient (Wildman–Crippen LogP) is 2.92. The van der Waals surface area contributed by atoms with Gasteiger partial charge in [0.2, 0.25) is 0 Å². The van der Waals surface area contributed by atoms with Gasteiger partial charge in [0.15, 0.2) is 5.78 Å². The number of carbonyl (C=O) groups is 1. The van der Waals surface area contributed by atoms with Crippen LogP contribution in [0.5, 0.6) is 0 Å². The lowest BCUT2D eigenvalue weighted by molar-refractivity contribution is -0.137. The van der Waals surface area contributed by atoms with E-state index in [0.29, 0.717) is 0 Å². The molecule has 2 nitrogen and oxygen atoms in total. The van der Waals surface area contributed by atoms with Crippen LogP contribution < -0.4 is 0 Å². The number of hydrogen-bond donors (Lipinski definition) is 0. The van der Waals surface area contributed by atoms with Crippen LogP contribution in [0.4, 0.5) is 13.2 Å². The third-order valence-electron chi connectivity index (χ3n) is 2.22. The van der Waals surface area contributed by atoms with E-state index in [9.17, 15) is 18.0 Å². The minimum atomic E-state index is -4.38. The van der Waals surface area contributed by atoms with Gasteiger partial charge in [-0.1, -0.05) is 12.1 Å². The summed E-state index contributed by atoms with van der Waals surface area (Å²) >= 11 is 0. The van der Waals surface area contributed by atoms with E-state index in [4.69, 9.17) is 4.74 Å². The van der Waals surface area contributed by atoms with E-state index in [1.165, 1.54) is 7.11 Å². The summed E-state index contributed by atoms with van der Waals surface area (Å²) in [5.41, 5.74) is -0.559. The van der Waals surface area contributed by atoms with Crippen molar-refractivity contribution in [2.75, 3.05) is 7.11 Å². The molecule has 16 heavy (non-hydrogen) atoms. The third-order valence-corrected chi connectivity index (χ3v) is 2.22. The van der Waals surface area contributed by atoms with Gasteiger partial charge in [-0.3, -0.25) is 4.79 Å². The molecule has 1 aromatic carbocycles. The molecule has 0 fully saturated rings. The molecule has 1 aromatic rings. The summed E-state index contributed by atoms with van der Waals surface area (Å²) < 4.78 is 41.5. The van der Waals surface area contributed by atoms with Crippen LogP contribution in [0.1, 0.15) is 22.8 Å². The van der Waals surface area contributed by atoms with Gasteiger partial charge in [0, 0.05) is 12.7 Å². The number of ether oxygens (including phenoxy) is 1. The van der Waals surface area contributed by atoms with Gasteiger partial charge in [-0.25, -0.2) is 0 Å². The Morgan fingerprint density at radius 2 is 1.75 bits per heavy atom. The van der Waals surface area contributed by atoms with Crippen LogP contribution in [-0.2, 0) is 10.9 Å². The van der Waals surface area contributed by atoms with Crippen LogP contribution in [0, 0.1) is 0 Å². The molecule has 0 amide bonds. The fraction of sp³-hybridized carbons (Fsp3) is 0.364. The van der Waals surface area contributed by atoms with Crippen molar-refractivity contribution in [3.8, 4) is 0 Å². The average molecular weight is 232 g/mol. The van der Waals surface area contributed by atoms with Gasteiger partial charge >= 0.3 is 6.18 Å². The minimum Gasteiger partial charge on any atom is -0.374 e. The van der Waals surface area contributed by atoms with Crippen molar-refractivity contribution >= 4 is 5.78 Å². The topological polar surface area (TPSA) is 26.3 Å². The van der Waals surface area contributed by atoms with Crippen LogP contribution in [0.25, 0.3) is 0 Å². The molecule has 1 atom stereocenters. The number of hydrogen-bond acceptors (Lipinski definition) is 2. The molecule has 0 saturated carbocycles. The molecular weight excluding hydrogens is 221 g/mol. The maximum absolute atomic E-state index is 12.2. The number of methoxy groups -OCH3 is 1. The molecule has 0 heterocycles. The number of carbonyl (C=O) groups excluding carboxylic acids is 1. The second kappa shape index (κ2) is 4.65. The Balaban J connectivity index is 2.91. The van der Waals surface area contributed by atoms with Gasteiger partial charge in [0.1, 0.15) is 6.10 Å². The lowest BCUT2D eigenvalue weighted by atomic mass is 10.1. The normalized spacial score (nSPS) is 13.6. The van der Waals surface area contributed by atoms with E-state index >= 15 is 0 Å². The highest BCUT2D eigenvalue weighted by Gasteiger charge is 2.30. The maximum atomic E-state index is 12.2. The first-order valence-electron chi connectivity index (χ1n) is 4.60. The van der Waals surface area contributed by atoms with E-state index in [1.807, 2.05) is 0 Å². The highest BCUT2D eigenvalue weighted by molar-refractivity contribution is 5.99. The Kier molecular flexibility index (Phi) is 3.70. The smallest absolute Gasteiger partial charge is 0.374 e. The molecule has 88 valence electrons. The quantitative estimate of drug-likeness (QED) is 0.749. The Hall–Kier alpha value is -1.36. The Morgan fingerprint density at radius 1 is 1.25 bits per heavy atom. The molecular formula is C11H11F3O2. The molecule has 1 rings (SSSR count). The lowest BCUT2D eigenvalue weighted by Crippen LogP contribution is -2.19. The van der Waals surface area contributed by atoms with Crippen molar-refractivity contribution in [3.63, 3.8) is 0 Å². The number of ketones is 1. The SMILES string of the molecule is COC(C)C(=O)c1ccc(C(F)(F)F)cc1. The molecule has 1 unspecified atom stereocenters. The van der Waals surface area contributed by atoms with Crippen LogP contribution in [0.15, 0.2) is 24.3 Å². The van der Waals surface area contributed by atoms with E-state index in [1.54, 1.807) is 6.92 Å². The Labute approximate surface area is 91.0 Å². The van der Waals surface area contributed by atoms with Gasteiger partial charge in [-0.15, -0.1) is 0 Å². The highest BCUT2D eigenvalue weighted by Crippen LogP contribution is 2.29. The van der Waals surface area contributed by atoms with Crippen molar-refractivity contribution in [2.24, 2.45) is 0 Å². The fourth-order valence-corrected chi connectivity index (χ4v) is 1.17. The summed E-state index contributed by atoms with van der Waals surface area (Å²) in [6.45, 7) is 1.54. The summed E-state index contributed by atoms with van der Waals surface area (Å²) in [4.78, 5) is 11.5. The van der Waals surface area contributed by atoms with Crippen molar-refractivity contribution < 1.29 is 22.7 Å². The third kappa shape index (κ3) is 2.82. The molecule has 0 spiro atoms. The number of halogens is 3. The van der Waals surface area contributed by atoms with E-state index in [-0.39, 0.29) is 11.3 Å².